The van der Waals surface area contributed by atoms with E-state index in [2.05, 4.69) is 20.6 Å². The van der Waals surface area contributed by atoms with Crippen LogP contribution >= 0.6 is 0 Å². The van der Waals surface area contributed by atoms with E-state index in [9.17, 15) is 9.59 Å². The average molecular weight is 333 g/mol. The number of nitrogens with one attached hydrogen (secondary N) is 2. The number of likely N-dealkylation sites (tertiary alicyclic amines) is 1. The van der Waals surface area contributed by atoms with Gasteiger partial charge >= 0.3 is 0 Å². The average Bonchev–Trinajstić information content (AvgIpc) is 2.62. The monoisotopic (exact) mass is 333 g/mol. The maximum absolute atomic E-state index is 12.5. The van der Waals surface area contributed by atoms with Gasteiger partial charge in [-0.2, -0.15) is 0 Å². The Bertz CT molecular complexity index is 591. The van der Waals surface area contributed by atoms with Crippen LogP contribution in [0.1, 0.15) is 25.7 Å². The van der Waals surface area contributed by atoms with Gasteiger partial charge in [0.15, 0.2) is 0 Å². The number of amides is 2. The molecule has 1 aromatic rings. The lowest BCUT2D eigenvalue weighted by Gasteiger charge is -2.35. The van der Waals surface area contributed by atoms with Crippen molar-refractivity contribution in [1.82, 2.24) is 20.2 Å². The fraction of sp³-hybridized carbons (Fsp3) is 0.625. The van der Waals surface area contributed by atoms with Crippen LogP contribution in [0.15, 0.2) is 12.4 Å². The van der Waals surface area contributed by atoms with E-state index in [1.54, 1.807) is 13.2 Å². The molecular formula is C16H23N5O3. The minimum Gasteiger partial charge on any atom is -0.481 e. The molecule has 2 saturated heterocycles. The van der Waals surface area contributed by atoms with Gasteiger partial charge in [0.1, 0.15) is 12.1 Å². The van der Waals surface area contributed by atoms with Crippen LogP contribution < -0.4 is 15.4 Å². The Labute approximate surface area is 141 Å². The summed E-state index contributed by atoms with van der Waals surface area (Å²) in [7, 11) is 1.57. The molecule has 0 aromatic carbocycles. The summed E-state index contributed by atoms with van der Waals surface area (Å²) in [5, 5.41) is 6.15. The van der Waals surface area contributed by atoms with Crippen molar-refractivity contribution in [2.24, 2.45) is 5.92 Å². The van der Waals surface area contributed by atoms with Crippen molar-refractivity contribution in [3.8, 4) is 5.88 Å². The summed E-state index contributed by atoms with van der Waals surface area (Å²) < 4.78 is 5.09. The molecule has 1 unspecified atom stereocenters. The molecule has 0 radical (unpaired) electrons. The fourth-order valence-electron chi connectivity index (χ4n) is 3.19. The van der Waals surface area contributed by atoms with Crippen molar-refractivity contribution >= 4 is 17.6 Å². The molecule has 0 aliphatic carbocycles. The fourth-order valence-corrected chi connectivity index (χ4v) is 3.19. The van der Waals surface area contributed by atoms with Crippen molar-refractivity contribution in [2.75, 3.05) is 32.1 Å². The van der Waals surface area contributed by atoms with Gasteiger partial charge in [0.25, 0.3) is 0 Å². The first kappa shape index (κ1) is 16.5. The molecule has 2 N–H and O–H groups in total. The number of aromatic nitrogens is 2. The molecule has 130 valence electrons. The molecule has 2 aliphatic heterocycles. The summed E-state index contributed by atoms with van der Waals surface area (Å²) in [4.78, 5) is 33.8. The Balaban J connectivity index is 1.48. The van der Waals surface area contributed by atoms with E-state index in [4.69, 9.17) is 4.74 Å². The predicted octanol–water partition coefficient (Wildman–Crippen LogP) is 0.414. The van der Waals surface area contributed by atoms with Gasteiger partial charge in [0, 0.05) is 38.2 Å². The van der Waals surface area contributed by atoms with Gasteiger partial charge in [-0.3, -0.25) is 9.59 Å². The smallest absolute Gasteiger partial charge is 0.227 e. The van der Waals surface area contributed by atoms with E-state index in [0.717, 1.165) is 31.7 Å². The molecule has 24 heavy (non-hydrogen) atoms. The van der Waals surface area contributed by atoms with Crippen LogP contribution in [0.4, 0.5) is 5.82 Å². The summed E-state index contributed by atoms with van der Waals surface area (Å²) in [5.41, 5.74) is 0. The second-order valence-electron chi connectivity index (χ2n) is 6.23. The molecule has 0 spiro atoms. The van der Waals surface area contributed by atoms with Gasteiger partial charge in [0.05, 0.1) is 13.0 Å². The minimum absolute atomic E-state index is 0.0437. The molecule has 8 nitrogen and oxygen atoms in total. The zero-order valence-corrected chi connectivity index (χ0v) is 13.8. The number of methoxy groups -OCH3 is 1. The molecular weight excluding hydrogens is 310 g/mol. The SMILES string of the molecule is COc1cc(NC2CCN(C(=O)C3CCC(=O)NC3)CC2)ncn1. The number of anilines is 1. The Hall–Kier alpha value is -2.38. The number of hydrogen-bond donors (Lipinski definition) is 2. The highest BCUT2D eigenvalue weighted by Crippen LogP contribution is 2.20. The van der Waals surface area contributed by atoms with Crippen molar-refractivity contribution in [3.63, 3.8) is 0 Å². The summed E-state index contributed by atoms with van der Waals surface area (Å²) >= 11 is 0. The van der Waals surface area contributed by atoms with Gasteiger partial charge in [-0.1, -0.05) is 0 Å². The second-order valence-corrected chi connectivity index (χ2v) is 6.23. The third-order valence-electron chi connectivity index (χ3n) is 4.62. The topological polar surface area (TPSA) is 96.5 Å². The van der Waals surface area contributed by atoms with Crippen molar-refractivity contribution in [2.45, 2.75) is 31.7 Å². The van der Waals surface area contributed by atoms with Crippen LogP contribution in [0, 0.1) is 5.92 Å². The van der Waals surface area contributed by atoms with Crippen molar-refractivity contribution in [1.29, 1.82) is 0 Å². The number of nitrogens with zero attached hydrogens (tertiary/aromatic N) is 3. The van der Waals surface area contributed by atoms with E-state index >= 15 is 0 Å². The third-order valence-corrected chi connectivity index (χ3v) is 4.62. The van der Waals surface area contributed by atoms with E-state index in [-0.39, 0.29) is 23.8 Å². The highest BCUT2D eigenvalue weighted by molar-refractivity contribution is 5.83. The molecule has 1 atom stereocenters. The van der Waals surface area contributed by atoms with Crippen LogP contribution in [0.5, 0.6) is 5.88 Å². The van der Waals surface area contributed by atoms with Gasteiger partial charge < -0.3 is 20.3 Å². The van der Waals surface area contributed by atoms with E-state index in [0.29, 0.717) is 25.3 Å². The Morgan fingerprint density at radius 1 is 1.33 bits per heavy atom. The lowest BCUT2D eigenvalue weighted by molar-refractivity contribution is -0.138. The van der Waals surface area contributed by atoms with Crippen LogP contribution in [0.25, 0.3) is 0 Å². The van der Waals surface area contributed by atoms with Gasteiger partial charge in [-0.15, -0.1) is 0 Å². The van der Waals surface area contributed by atoms with Crippen molar-refractivity contribution < 1.29 is 14.3 Å². The summed E-state index contributed by atoms with van der Waals surface area (Å²) in [5.74, 6) is 1.40. The number of carbonyl (C=O) groups excluding carboxylic acids is 2. The number of carbonyl (C=O) groups is 2. The highest BCUT2D eigenvalue weighted by Gasteiger charge is 2.30. The molecule has 2 aliphatic rings. The zero-order chi connectivity index (χ0) is 16.9. The molecule has 3 heterocycles. The molecule has 1 aromatic heterocycles. The zero-order valence-electron chi connectivity index (χ0n) is 13.8. The largest absolute Gasteiger partial charge is 0.481 e. The van der Waals surface area contributed by atoms with Gasteiger partial charge in [0.2, 0.25) is 17.7 Å². The van der Waals surface area contributed by atoms with E-state index in [1.807, 2.05) is 4.90 Å². The summed E-state index contributed by atoms with van der Waals surface area (Å²) in [6.45, 7) is 1.92. The minimum atomic E-state index is -0.0710. The van der Waals surface area contributed by atoms with Crippen LogP contribution in [-0.2, 0) is 9.59 Å². The molecule has 3 rings (SSSR count). The van der Waals surface area contributed by atoms with Gasteiger partial charge in [-0.05, 0) is 19.3 Å². The quantitative estimate of drug-likeness (QED) is 0.829. The highest BCUT2D eigenvalue weighted by atomic mass is 16.5. The maximum atomic E-state index is 12.5. The second kappa shape index (κ2) is 7.46. The van der Waals surface area contributed by atoms with Crippen LogP contribution in [-0.4, -0.2) is 59.5 Å². The summed E-state index contributed by atoms with van der Waals surface area (Å²) in [6, 6.07) is 2.04. The molecule has 2 amide bonds. The van der Waals surface area contributed by atoms with Crippen LogP contribution in [0.2, 0.25) is 0 Å². The number of rotatable bonds is 4. The van der Waals surface area contributed by atoms with Crippen molar-refractivity contribution in [3.05, 3.63) is 12.4 Å². The Morgan fingerprint density at radius 2 is 2.12 bits per heavy atom. The maximum Gasteiger partial charge on any atom is 0.227 e. The third kappa shape index (κ3) is 3.93. The van der Waals surface area contributed by atoms with Gasteiger partial charge in [-0.25, -0.2) is 9.97 Å². The molecule has 8 heteroatoms. The first-order chi connectivity index (χ1) is 11.7. The first-order valence-electron chi connectivity index (χ1n) is 8.34. The normalized spacial score (nSPS) is 22.0. The van der Waals surface area contributed by atoms with E-state index in [1.165, 1.54) is 6.33 Å². The van der Waals surface area contributed by atoms with Crippen LogP contribution in [0.3, 0.4) is 0 Å². The summed E-state index contributed by atoms with van der Waals surface area (Å²) in [6.07, 6.45) is 4.32. The molecule has 0 bridgehead atoms. The number of ether oxygens (including phenoxy) is 1. The first-order valence-corrected chi connectivity index (χ1v) is 8.34. The number of hydrogen-bond acceptors (Lipinski definition) is 6. The Kier molecular flexibility index (Phi) is 5.12. The lowest BCUT2D eigenvalue weighted by atomic mass is 9.96. The standard InChI is InChI=1S/C16H23N5O3/c1-24-15-8-13(18-10-19-15)20-12-4-6-21(7-5-12)16(23)11-2-3-14(22)17-9-11/h8,10-12H,2-7,9H2,1H3,(H,17,22)(H,18,19,20). The lowest BCUT2D eigenvalue weighted by Crippen LogP contribution is -2.48. The molecule has 2 fully saturated rings. The predicted molar refractivity (Wildman–Crippen MR) is 87.5 cm³/mol. The van der Waals surface area contributed by atoms with E-state index < -0.39 is 0 Å². The Morgan fingerprint density at radius 3 is 2.79 bits per heavy atom. The number of piperidine rings is 2. The molecule has 0 saturated carbocycles.